The number of rotatable bonds is 7. The molecule has 27 heavy (non-hydrogen) atoms. The monoisotopic (exact) mass is 366 g/mol. The van der Waals surface area contributed by atoms with Gasteiger partial charge in [-0.05, 0) is 29.8 Å². The van der Waals surface area contributed by atoms with Crippen molar-refractivity contribution in [3.63, 3.8) is 0 Å². The number of ether oxygens (including phenoxy) is 1. The number of benzene rings is 1. The number of aromatic nitrogens is 3. The molecule has 1 N–H and O–H groups in total. The number of carbonyl (C=O) groups excluding carboxylic acids is 2. The average molecular weight is 366 g/mol. The van der Waals surface area contributed by atoms with E-state index in [0.29, 0.717) is 30.2 Å². The molecule has 1 aromatic carbocycles. The Hall–Kier alpha value is -3.55. The smallest absolute Gasteiger partial charge is 0.337 e. The zero-order valence-electron chi connectivity index (χ0n) is 14.7. The van der Waals surface area contributed by atoms with Crippen LogP contribution >= 0.6 is 0 Å². The lowest BCUT2D eigenvalue weighted by Gasteiger charge is -2.05. The second-order valence-electron chi connectivity index (χ2n) is 5.71. The maximum Gasteiger partial charge on any atom is 0.337 e. The third kappa shape index (κ3) is 4.97. The molecule has 0 aliphatic carbocycles. The molecule has 0 aliphatic heterocycles. The highest BCUT2D eigenvalue weighted by Gasteiger charge is 2.11. The quantitative estimate of drug-likeness (QED) is 0.639. The minimum absolute atomic E-state index is 0.129. The van der Waals surface area contributed by atoms with Gasteiger partial charge in [0.2, 0.25) is 17.6 Å². The highest BCUT2D eigenvalue weighted by atomic mass is 16.5. The summed E-state index contributed by atoms with van der Waals surface area (Å²) in [6, 6.07) is 10.4. The van der Waals surface area contributed by atoms with E-state index < -0.39 is 5.97 Å². The van der Waals surface area contributed by atoms with Crippen molar-refractivity contribution >= 4 is 11.9 Å². The van der Waals surface area contributed by atoms with E-state index in [-0.39, 0.29) is 12.3 Å². The molecule has 0 fully saturated rings. The van der Waals surface area contributed by atoms with Gasteiger partial charge in [-0.3, -0.25) is 9.78 Å². The molecule has 138 valence electrons. The fourth-order valence-corrected chi connectivity index (χ4v) is 2.36. The van der Waals surface area contributed by atoms with Crippen LogP contribution in [0.5, 0.6) is 0 Å². The molecular formula is C19H18N4O4. The standard InChI is InChI=1S/C19H18N4O4/c1-26-19(25)15-4-2-13(3-5-15)12-21-16(24)6-7-17-22-18(23-27-17)14-8-10-20-11-9-14/h2-5,8-11H,6-7,12H2,1H3,(H,21,24). The van der Waals surface area contributed by atoms with Crippen molar-refractivity contribution in [1.82, 2.24) is 20.4 Å². The van der Waals surface area contributed by atoms with E-state index in [9.17, 15) is 9.59 Å². The second kappa shape index (κ2) is 8.70. The van der Waals surface area contributed by atoms with Gasteiger partial charge in [0.25, 0.3) is 0 Å². The summed E-state index contributed by atoms with van der Waals surface area (Å²) in [6.45, 7) is 0.367. The molecule has 2 aromatic heterocycles. The van der Waals surface area contributed by atoms with Crippen molar-refractivity contribution < 1.29 is 18.8 Å². The van der Waals surface area contributed by atoms with Gasteiger partial charge in [-0.25, -0.2) is 4.79 Å². The minimum atomic E-state index is -0.392. The fourth-order valence-electron chi connectivity index (χ4n) is 2.36. The molecule has 0 saturated carbocycles. The summed E-state index contributed by atoms with van der Waals surface area (Å²) in [6.07, 6.45) is 3.89. The van der Waals surface area contributed by atoms with Crippen LogP contribution < -0.4 is 5.32 Å². The Morgan fingerprint density at radius 1 is 1.11 bits per heavy atom. The summed E-state index contributed by atoms with van der Waals surface area (Å²) < 4.78 is 9.82. The molecule has 0 spiro atoms. The minimum Gasteiger partial charge on any atom is -0.465 e. The number of methoxy groups -OCH3 is 1. The van der Waals surface area contributed by atoms with Crippen LogP contribution in [0.15, 0.2) is 53.3 Å². The van der Waals surface area contributed by atoms with Crippen molar-refractivity contribution in [2.45, 2.75) is 19.4 Å². The third-order valence-corrected chi connectivity index (χ3v) is 3.84. The number of hydrogen-bond acceptors (Lipinski definition) is 7. The van der Waals surface area contributed by atoms with Crippen molar-refractivity contribution in [3.05, 3.63) is 65.8 Å². The molecule has 0 atom stereocenters. The van der Waals surface area contributed by atoms with E-state index in [4.69, 9.17) is 4.52 Å². The van der Waals surface area contributed by atoms with Crippen molar-refractivity contribution in [2.75, 3.05) is 7.11 Å². The number of pyridine rings is 1. The number of nitrogens with one attached hydrogen (secondary N) is 1. The van der Waals surface area contributed by atoms with Gasteiger partial charge in [0.1, 0.15) is 0 Å². The normalized spacial score (nSPS) is 10.4. The summed E-state index contributed by atoms with van der Waals surface area (Å²) in [5.41, 5.74) is 2.16. The molecular weight excluding hydrogens is 348 g/mol. The van der Waals surface area contributed by atoms with Gasteiger partial charge in [-0.15, -0.1) is 0 Å². The van der Waals surface area contributed by atoms with Gasteiger partial charge in [-0.2, -0.15) is 4.98 Å². The Labute approximate surface area is 155 Å². The summed E-state index contributed by atoms with van der Waals surface area (Å²) in [4.78, 5) is 31.6. The Morgan fingerprint density at radius 3 is 2.56 bits per heavy atom. The summed E-state index contributed by atoms with van der Waals surface area (Å²) in [5, 5.41) is 6.72. The SMILES string of the molecule is COC(=O)c1ccc(CNC(=O)CCc2nc(-c3ccncc3)no2)cc1. The Bertz CT molecular complexity index is 907. The number of carbonyl (C=O) groups is 2. The third-order valence-electron chi connectivity index (χ3n) is 3.84. The molecule has 0 unspecified atom stereocenters. The topological polar surface area (TPSA) is 107 Å². The molecule has 1 amide bonds. The van der Waals surface area contributed by atoms with E-state index in [0.717, 1.165) is 11.1 Å². The van der Waals surface area contributed by atoms with Crippen LogP contribution in [-0.2, 0) is 22.5 Å². The van der Waals surface area contributed by atoms with Gasteiger partial charge in [0, 0.05) is 37.3 Å². The van der Waals surface area contributed by atoms with Gasteiger partial charge < -0.3 is 14.6 Å². The Balaban J connectivity index is 1.46. The predicted molar refractivity (Wildman–Crippen MR) is 95.5 cm³/mol. The van der Waals surface area contributed by atoms with Crippen LogP contribution in [0.2, 0.25) is 0 Å². The van der Waals surface area contributed by atoms with Gasteiger partial charge in [0.05, 0.1) is 12.7 Å². The maximum absolute atomic E-state index is 12.0. The first-order valence-electron chi connectivity index (χ1n) is 8.32. The van der Waals surface area contributed by atoms with E-state index in [2.05, 4.69) is 25.2 Å². The van der Waals surface area contributed by atoms with E-state index in [1.807, 2.05) is 0 Å². The van der Waals surface area contributed by atoms with E-state index in [1.54, 1.807) is 48.8 Å². The summed E-state index contributed by atoms with van der Waals surface area (Å²) in [7, 11) is 1.33. The van der Waals surface area contributed by atoms with Crippen LogP contribution in [0.1, 0.15) is 28.2 Å². The fraction of sp³-hybridized carbons (Fsp3) is 0.211. The number of nitrogens with zero attached hydrogens (tertiary/aromatic N) is 3. The summed E-state index contributed by atoms with van der Waals surface area (Å²) >= 11 is 0. The van der Waals surface area contributed by atoms with Crippen LogP contribution in [0.4, 0.5) is 0 Å². The van der Waals surface area contributed by atoms with Gasteiger partial charge in [-0.1, -0.05) is 17.3 Å². The molecule has 0 saturated heterocycles. The number of esters is 1. The van der Waals surface area contributed by atoms with Crippen LogP contribution in [0.25, 0.3) is 11.4 Å². The molecule has 0 radical (unpaired) electrons. The largest absolute Gasteiger partial charge is 0.465 e. The first-order valence-corrected chi connectivity index (χ1v) is 8.32. The zero-order chi connectivity index (χ0) is 19.1. The molecule has 8 heteroatoms. The number of amides is 1. The van der Waals surface area contributed by atoms with E-state index >= 15 is 0 Å². The first kappa shape index (κ1) is 18.2. The molecule has 0 aliphatic rings. The van der Waals surface area contributed by atoms with Crippen molar-refractivity contribution in [2.24, 2.45) is 0 Å². The lowest BCUT2D eigenvalue weighted by Crippen LogP contribution is -2.23. The van der Waals surface area contributed by atoms with Crippen LogP contribution in [-0.4, -0.2) is 34.1 Å². The highest BCUT2D eigenvalue weighted by Crippen LogP contribution is 2.14. The van der Waals surface area contributed by atoms with Crippen molar-refractivity contribution in [3.8, 4) is 11.4 Å². The van der Waals surface area contributed by atoms with Crippen LogP contribution in [0.3, 0.4) is 0 Å². The Morgan fingerprint density at radius 2 is 1.85 bits per heavy atom. The van der Waals surface area contributed by atoms with E-state index in [1.165, 1.54) is 7.11 Å². The predicted octanol–water partition coefficient (Wildman–Crippen LogP) is 2.17. The molecule has 0 bridgehead atoms. The lowest BCUT2D eigenvalue weighted by atomic mass is 10.1. The molecule has 8 nitrogen and oxygen atoms in total. The highest BCUT2D eigenvalue weighted by molar-refractivity contribution is 5.89. The zero-order valence-corrected chi connectivity index (χ0v) is 14.7. The summed E-state index contributed by atoms with van der Waals surface area (Å²) in [5.74, 6) is 0.352. The van der Waals surface area contributed by atoms with Crippen LogP contribution in [0, 0.1) is 0 Å². The maximum atomic E-state index is 12.0. The molecule has 3 aromatic rings. The van der Waals surface area contributed by atoms with Gasteiger partial charge in [0.15, 0.2) is 0 Å². The Kier molecular flexibility index (Phi) is 5.88. The number of aryl methyl sites for hydroxylation is 1. The first-order chi connectivity index (χ1) is 13.2. The molecule has 3 rings (SSSR count). The lowest BCUT2D eigenvalue weighted by molar-refractivity contribution is -0.121. The van der Waals surface area contributed by atoms with Crippen molar-refractivity contribution in [1.29, 1.82) is 0 Å². The average Bonchev–Trinajstić information content (AvgIpc) is 3.20. The second-order valence-corrected chi connectivity index (χ2v) is 5.71. The molecule has 2 heterocycles. The van der Waals surface area contributed by atoms with Gasteiger partial charge >= 0.3 is 5.97 Å². The number of hydrogen-bond donors (Lipinski definition) is 1.